The second kappa shape index (κ2) is 3.06. The highest BCUT2D eigenvalue weighted by Crippen LogP contribution is 2.28. The van der Waals surface area contributed by atoms with E-state index in [4.69, 9.17) is 5.11 Å². The molecule has 3 nitrogen and oxygen atoms in total. The zero-order valence-electron chi connectivity index (χ0n) is 5.64. The molecule has 12 heavy (non-hydrogen) atoms. The molecule has 0 aliphatic carbocycles. The van der Waals surface area contributed by atoms with Crippen molar-refractivity contribution in [3.63, 3.8) is 0 Å². The Morgan fingerprint density at radius 2 is 2.17 bits per heavy atom. The fourth-order valence-electron chi connectivity index (χ4n) is 0.746. The van der Waals surface area contributed by atoms with Crippen LogP contribution in [0.15, 0.2) is 10.8 Å². The number of aliphatic hydroxyl groups excluding tert-OH is 1. The summed E-state index contributed by atoms with van der Waals surface area (Å²) in [5.41, 5.74) is 0. The van der Waals surface area contributed by atoms with Gasteiger partial charge in [0, 0.05) is 0 Å². The molecule has 0 spiro atoms. The van der Waals surface area contributed by atoms with Crippen molar-refractivity contribution < 1.29 is 18.3 Å². The van der Waals surface area contributed by atoms with E-state index < -0.39 is 18.7 Å². The van der Waals surface area contributed by atoms with Gasteiger partial charge in [-0.05, 0) is 15.9 Å². The molecule has 0 saturated heterocycles. The summed E-state index contributed by atoms with van der Waals surface area (Å²) in [6, 6.07) is 0. The topological polar surface area (TPSA) is 38.1 Å². The van der Waals surface area contributed by atoms with Crippen LogP contribution in [0.3, 0.4) is 0 Å². The summed E-state index contributed by atoms with van der Waals surface area (Å²) in [7, 11) is 0. The lowest BCUT2D eigenvalue weighted by molar-refractivity contribution is -0.207. The van der Waals surface area contributed by atoms with Gasteiger partial charge in [0.15, 0.2) is 0 Å². The van der Waals surface area contributed by atoms with E-state index in [0.717, 1.165) is 6.20 Å². The van der Waals surface area contributed by atoms with E-state index in [0.29, 0.717) is 0 Å². The van der Waals surface area contributed by atoms with Crippen LogP contribution in [0.1, 0.15) is 5.82 Å². The van der Waals surface area contributed by atoms with Crippen LogP contribution in [0.5, 0.6) is 0 Å². The van der Waals surface area contributed by atoms with Crippen molar-refractivity contribution >= 4 is 15.9 Å². The van der Waals surface area contributed by atoms with E-state index in [-0.39, 0.29) is 9.17 Å². The van der Waals surface area contributed by atoms with Crippen molar-refractivity contribution in [2.45, 2.75) is 12.9 Å². The Labute approximate surface area is 74.0 Å². The highest BCUT2D eigenvalue weighted by Gasteiger charge is 2.34. The van der Waals surface area contributed by atoms with E-state index in [1.807, 2.05) is 0 Å². The Morgan fingerprint density at radius 1 is 1.58 bits per heavy atom. The molecule has 68 valence electrons. The number of hydrogen-bond acceptors (Lipinski definition) is 2. The Hall–Kier alpha value is -0.560. The molecule has 1 N–H and O–H groups in total. The molecule has 7 heteroatoms. The summed E-state index contributed by atoms with van der Waals surface area (Å²) in [4.78, 5) is 3.35. The lowest BCUT2D eigenvalue weighted by Gasteiger charge is -2.10. The van der Waals surface area contributed by atoms with Crippen LogP contribution in [-0.4, -0.2) is 14.7 Å². The molecule has 0 radical (unpaired) electrons. The smallest absolute Gasteiger partial charge is 0.388 e. The molecule has 0 aliphatic rings. The van der Waals surface area contributed by atoms with Gasteiger partial charge in [0.1, 0.15) is 17.0 Å². The predicted molar refractivity (Wildman–Crippen MR) is 37.1 cm³/mol. The normalized spacial score (nSPS) is 12.1. The van der Waals surface area contributed by atoms with Crippen LogP contribution in [-0.2, 0) is 12.9 Å². The minimum Gasteiger partial charge on any atom is -0.388 e. The number of aromatic nitrogens is 2. The first-order chi connectivity index (χ1) is 5.46. The quantitative estimate of drug-likeness (QED) is 0.816. The molecule has 0 atom stereocenters. The molecule has 1 heterocycles. The average molecular weight is 245 g/mol. The van der Waals surface area contributed by atoms with Crippen molar-refractivity contribution in [1.29, 1.82) is 0 Å². The van der Waals surface area contributed by atoms with Crippen molar-refractivity contribution in [2.75, 3.05) is 0 Å². The lowest BCUT2D eigenvalue weighted by Crippen LogP contribution is -2.19. The Balaban J connectivity index is 3.19. The molecule has 0 aliphatic heterocycles. The highest BCUT2D eigenvalue weighted by atomic mass is 79.9. The first-order valence-electron chi connectivity index (χ1n) is 2.87. The van der Waals surface area contributed by atoms with Gasteiger partial charge in [-0.2, -0.15) is 0 Å². The molecular weight excluding hydrogens is 241 g/mol. The summed E-state index contributed by atoms with van der Waals surface area (Å²) in [6.07, 6.45) is -3.56. The number of alkyl halides is 3. The fourth-order valence-corrected chi connectivity index (χ4v) is 1.25. The Morgan fingerprint density at radius 3 is 2.50 bits per heavy atom. The second-order valence-electron chi connectivity index (χ2n) is 1.96. The van der Waals surface area contributed by atoms with E-state index in [1.54, 1.807) is 0 Å². The Kier molecular flexibility index (Phi) is 2.43. The van der Waals surface area contributed by atoms with Crippen LogP contribution in [0, 0.1) is 0 Å². The van der Waals surface area contributed by atoms with Crippen LogP contribution in [0.25, 0.3) is 0 Å². The molecule has 1 aromatic rings. The van der Waals surface area contributed by atoms with E-state index in [1.165, 1.54) is 0 Å². The monoisotopic (exact) mass is 244 g/mol. The molecular formula is C5H4BrF3N2O. The van der Waals surface area contributed by atoms with Crippen molar-refractivity contribution in [3.05, 3.63) is 16.6 Å². The lowest BCUT2D eigenvalue weighted by atomic mass is 10.6. The van der Waals surface area contributed by atoms with E-state index in [2.05, 4.69) is 20.9 Å². The molecule has 1 rings (SSSR count). The summed E-state index contributed by atoms with van der Waals surface area (Å²) in [6.45, 7) is -0.745. The van der Waals surface area contributed by atoms with Crippen molar-refractivity contribution in [2.24, 2.45) is 0 Å². The average Bonchev–Trinajstić information content (AvgIpc) is 2.29. The van der Waals surface area contributed by atoms with Gasteiger partial charge in [0.2, 0.25) is 0 Å². The Bertz CT molecular complexity index is 283. The first kappa shape index (κ1) is 9.53. The van der Waals surface area contributed by atoms with Crippen LogP contribution in [0.2, 0.25) is 0 Å². The van der Waals surface area contributed by atoms with Crippen molar-refractivity contribution in [3.8, 4) is 0 Å². The molecule has 0 saturated carbocycles. The number of imidazole rings is 1. The third-order valence-electron chi connectivity index (χ3n) is 1.19. The SMILES string of the molecule is OCc1ncc(Br)n1C(F)(F)F. The molecule has 0 bridgehead atoms. The van der Waals surface area contributed by atoms with Gasteiger partial charge in [-0.15, -0.1) is 13.2 Å². The maximum atomic E-state index is 12.1. The van der Waals surface area contributed by atoms with Crippen molar-refractivity contribution in [1.82, 2.24) is 9.55 Å². The summed E-state index contributed by atoms with van der Waals surface area (Å²) in [5.74, 6) is -0.436. The standard InChI is InChI=1S/C5H4BrF3N2O/c6-3-1-10-4(2-12)11(3)5(7,8)9/h1,12H,2H2. The predicted octanol–water partition coefficient (Wildman–Crippen LogP) is 1.61. The summed E-state index contributed by atoms with van der Waals surface area (Å²) < 4.78 is 36.1. The van der Waals surface area contributed by atoms with Gasteiger partial charge in [-0.1, -0.05) is 0 Å². The van der Waals surface area contributed by atoms with Gasteiger partial charge in [-0.3, -0.25) is 0 Å². The van der Waals surface area contributed by atoms with E-state index in [9.17, 15) is 13.2 Å². The molecule has 0 amide bonds. The van der Waals surface area contributed by atoms with Gasteiger partial charge >= 0.3 is 6.30 Å². The zero-order chi connectivity index (χ0) is 9.35. The van der Waals surface area contributed by atoms with Gasteiger partial charge in [-0.25, -0.2) is 9.55 Å². The van der Waals surface area contributed by atoms with E-state index >= 15 is 0 Å². The molecule has 1 aromatic heterocycles. The maximum absolute atomic E-state index is 12.1. The third kappa shape index (κ3) is 1.61. The van der Waals surface area contributed by atoms with Gasteiger partial charge < -0.3 is 5.11 Å². The number of aliphatic hydroxyl groups is 1. The van der Waals surface area contributed by atoms with Crippen LogP contribution in [0.4, 0.5) is 13.2 Å². The highest BCUT2D eigenvalue weighted by molar-refractivity contribution is 9.10. The number of rotatable bonds is 1. The van der Waals surface area contributed by atoms with Crippen LogP contribution >= 0.6 is 15.9 Å². The first-order valence-corrected chi connectivity index (χ1v) is 3.66. The minimum absolute atomic E-state index is 0.0347. The fraction of sp³-hybridized carbons (Fsp3) is 0.400. The second-order valence-corrected chi connectivity index (χ2v) is 2.77. The largest absolute Gasteiger partial charge is 0.490 e. The van der Waals surface area contributed by atoms with Crippen LogP contribution < -0.4 is 0 Å². The summed E-state index contributed by atoms with van der Waals surface area (Å²) >= 11 is 2.66. The molecule has 0 fully saturated rings. The number of hydrogen-bond donors (Lipinski definition) is 1. The molecule has 0 unspecified atom stereocenters. The summed E-state index contributed by atoms with van der Waals surface area (Å²) in [5, 5.41) is 8.49. The number of halogens is 4. The molecule has 0 aromatic carbocycles. The van der Waals surface area contributed by atoms with Gasteiger partial charge in [0.25, 0.3) is 0 Å². The minimum atomic E-state index is -4.55. The maximum Gasteiger partial charge on any atom is 0.490 e. The zero-order valence-corrected chi connectivity index (χ0v) is 7.22. The number of nitrogens with zero attached hydrogens (tertiary/aromatic N) is 2. The van der Waals surface area contributed by atoms with Gasteiger partial charge in [0.05, 0.1) is 6.20 Å². The third-order valence-corrected chi connectivity index (χ3v) is 1.75.